The van der Waals surface area contributed by atoms with Crippen LogP contribution in [0, 0.1) is 13.8 Å². The predicted octanol–water partition coefficient (Wildman–Crippen LogP) is 5.77. The Kier molecular flexibility index (Phi) is 5.66. The number of nitrogens with zero attached hydrogens (tertiary/aromatic N) is 2. The van der Waals surface area contributed by atoms with Gasteiger partial charge >= 0.3 is 0 Å². The summed E-state index contributed by atoms with van der Waals surface area (Å²) >= 11 is 6.21. The van der Waals surface area contributed by atoms with Crippen LogP contribution in [-0.4, -0.2) is 18.4 Å². The molecule has 4 rings (SSSR count). The minimum Gasteiger partial charge on any atom is -0.337 e. The van der Waals surface area contributed by atoms with Crippen LogP contribution in [-0.2, 0) is 9.59 Å². The van der Waals surface area contributed by atoms with Crippen molar-refractivity contribution in [2.45, 2.75) is 20.8 Å². The van der Waals surface area contributed by atoms with Gasteiger partial charge in [-0.25, -0.2) is 4.90 Å². The van der Waals surface area contributed by atoms with Gasteiger partial charge in [0.2, 0.25) is 0 Å². The Morgan fingerprint density at radius 2 is 1.55 bits per heavy atom. The molecule has 0 unspecified atom stereocenters. The van der Waals surface area contributed by atoms with E-state index in [1.807, 2.05) is 86.3 Å². The van der Waals surface area contributed by atoms with E-state index in [2.05, 4.69) is 0 Å². The molecule has 0 N–H and O–H groups in total. The lowest BCUT2D eigenvalue weighted by Crippen LogP contribution is -2.35. The topological polar surface area (TPSA) is 40.6 Å². The number of para-hydroxylation sites is 1. The molecule has 3 aromatic rings. The Bertz CT molecular complexity index is 1180. The molecule has 31 heavy (non-hydrogen) atoms. The molecule has 0 aromatic heterocycles. The lowest BCUT2D eigenvalue weighted by atomic mass is 10.0. The van der Waals surface area contributed by atoms with Crippen molar-refractivity contribution in [3.63, 3.8) is 0 Å². The highest BCUT2D eigenvalue weighted by Crippen LogP contribution is 2.38. The zero-order valence-corrected chi connectivity index (χ0v) is 18.5. The summed E-state index contributed by atoms with van der Waals surface area (Å²) in [5, 5.41) is 0.474. The molecule has 1 aliphatic heterocycles. The highest BCUT2D eigenvalue weighted by molar-refractivity contribution is 6.46. The largest absolute Gasteiger partial charge is 0.337 e. The molecule has 3 aromatic carbocycles. The van der Waals surface area contributed by atoms with Crippen molar-refractivity contribution >= 4 is 40.4 Å². The summed E-state index contributed by atoms with van der Waals surface area (Å²) in [6.45, 7) is 6.36. The van der Waals surface area contributed by atoms with Gasteiger partial charge in [0.05, 0.1) is 11.3 Å². The van der Waals surface area contributed by atoms with E-state index in [1.165, 1.54) is 4.90 Å². The van der Waals surface area contributed by atoms with Crippen LogP contribution < -0.4 is 9.80 Å². The lowest BCUT2D eigenvalue weighted by molar-refractivity contribution is -0.120. The van der Waals surface area contributed by atoms with Crippen molar-refractivity contribution in [1.82, 2.24) is 0 Å². The first kappa shape index (κ1) is 20.9. The van der Waals surface area contributed by atoms with Crippen LogP contribution in [0.5, 0.6) is 0 Å². The zero-order chi connectivity index (χ0) is 22.1. The second kappa shape index (κ2) is 8.40. The third-order valence-electron chi connectivity index (χ3n) is 5.47. The number of aryl methyl sites for hydroxylation is 2. The van der Waals surface area contributed by atoms with Crippen LogP contribution in [0.25, 0.3) is 5.57 Å². The normalized spacial score (nSPS) is 13.9. The molecule has 0 atom stereocenters. The van der Waals surface area contributed by atoms with Gasteiger partial charge in [-0.1, -0.05) is 65.7 Å². The smallest absolute Gasteiger partial charge is 0.282 e. The van der Waals surface area contributed by atoms with Gasteiger partial charge in [0, 0.05) is 17.3 Å². The maximum atomic E-state index is 13.8. The van der Waals surface area contributed by atoms with E-state index in [4.69, 9.17) is 11.6 Å². The first-order valence-electron chi connectivity index (χ1n) is 10.2. The number of likely N-dealkylation sites (N-methyl/N-ethyl adjacent to an activating group) is 1. The standard InChI is InChI=1S/C26H23ClN2O2/c1-4-28(21-8-6-5-7-9-21)24-23(19-13-10-17(2)11-14-19)25(30)29(26(24)31)22-16-20(27)15-12-18(22)3/h5-16H,4H2,1-3H3. The van der Waals surface area contributed by atoms with Crippen LogP contribution in [0.3, 0.4) is 0 Å². The van der Waals surface area contributed by atoms with E-state index >= 15 is 0 Å². The Hall–Kier alpha value is -3.37. The lowest BCUT2D eigenvalue weighted by Gasteiger charge is -2.25. The maximum Gasteiger partial charge on any atom is 0.282 e. The van der Waals surface area contributed by atoms with Crippen molar-refractivity contribution in [2.75, 3.05) is 16.3 Å². The van der Waals surface area contributed by atoms with Crippen LogP contribution in [0.4, 0.5) is 11.4 Å². The summed E-state index contributed by atoms with van der Waals surface area (Å²) in [5.41, 5.74) is 4.74. The van der Waals surface area contributed by atoms with Crippen LogP contribution in [0.2, 0.25) is 5.02 Å². The van der Waals surface area contributed by atoms with Crippen molar-refractivity contribution in [3.8, 4) is 0 Å². The Morgan fingerprint density at radius 1 is 0.871 bits per heavy atom. The van der Waals surface area contributed by atoms with Gasteiger partial charge in [0.1, 0.15) is 5.70 Å². The van der Waals surface area contributed by atoms with Gasteiger partial charge in [0.25, 0.3) is 11.8 Å². The van der Waals surface area contributed by atoms with E-state index in [0.717, 1.165) is 22.4 Å². The zero-order valence-electron chi connectivity index (χ0n) is 17.7. The Morgan fingerprint density at radius 3 is 2.19 bits per heavy atom. The molecule has 2 amide bonds. The summed E-state index contributed by atoms with van der Waals surface area (Å²) in [6, 6.07) is 22.6. The fourth-order valence-electron chi connectivity index (χ4n) is 3.87. The molecular weight excluding hydrogens is 408 g/mol. The van der Waals surface area contributed by atoms with E-state index in [-0.39, 0.29) is 11.8 Å². The molecule has 0 saturated carbocycles. The molecule has 4 nitrogen and oxygen atoms in total. The molecule has 5 heteroatoms. The predicted molar refractivity (Wildman–Crippen MR) is 126 cm³/mol. The number of anilines is 2. The van der Waals surface area contributed by atoms with Crippen molar-refractivity contribution < 1.29 is 9.59 Å². The second-order valence-electron chi connectivity index (χ2n) is 7.55. The third kappa shape index (κ3) is 3.75. The van der Waals surface area contributed by atoms with Crippen molar-refractivity contribution in [3.05, 3.63) is 100 Å². The third-order valence-corrected chi connectivity index (χ3v) is 5.70. The SMILES string of the molecule is CCN(C1=C(c2ccc(C)cc2)C(=O)N(c2cc(Cl)ccc2C)C1=O)c1ccccc1. The van der Waals surface area contributed by atoms with Crippen LogP contribution >= 0.6 is 11.6 Å². The molecular formula is C26H23ClN2O2. The Labute approximate surface area is 187 Å². The highest BCUT2D eigenvalue weighted by atomic mass is 35.5. The number of carbonyl (C=O) groups excluding carboxylic acids is 2. The number of halogens is 1. The molecule has 0 spiro atoms. The molecule has 0 aliphatic carbocycles. The van der Waals surface area contributed by atoms with Gasteiger partial charge in [-0.05, 0) is 56.2 Å². The summed E-state index contributed by atoms with van der Waals surface area (Å²) in [5.74, 6) is -0.694. The maximum absolute atomic E-state index is 13.8. The number of hydrogen-bond donors (Lipinski definition) is 0. The first-order valence-corrected chi connectivity index (χ1v) is 10.6. The fraction of sp³-hybridized carbons (Fsp3) is 0.154. The number of hydrogen-bond acceptors (Lipinski definition) is 3. The van der Waals surface area contributed by atoms with Crippen LogP contribution in [0.15, 0.2) is 78.5 Å². The minimum absolute atomic E-state index is 0.344. The summed E-state index contributed by atoms with van der Waals surface area (Å²) in [6.07, 6.45) is 0. The molecule has 1 aliphatic rings. The van der Waals surface area contributed by atoms with E-state index < -0.39 is 0 Å². The monoisotopic (exact) mass is 430 g/mol. The summed E-state index contributed by atoms with van der Waals surface area (Å²) in [7, 11) is 0. The number of carbonyl (C=O) groups is 2. The minimum atomic E-state index is -0.350. The number of benzene rings is 3. The van der Waals surface area contributed by atoms with E-state index in [0.29, 0.717) is 28.5 Å². The molecule has 156 valence electrons. The summed E-state index contributed by atoms with van der Waals surface area (Å²) in [4.78, 5) is 30.6. The average Bonchev–Trinajstić information content (AvgIpc) is 3.02. The van der Waals surface area contributed by atoms with Gasteiger partial charge in [-0.3, -0.25) is 9.59 Å². The van der Waals surface area contributed by atoms with Gasteiger partial charge in [-0.15, -0.1) is 0 Å². The van der Waals surface area contributed by atoms with Gasteiger partial charge in [0.15, 0.2) is 0 Å². The molecule has 0 saturated heterocycles. The van der Waals surface area contributed by atoms with E-state index in [1.54, 1.807) is 12.1 Å². The Balaban J connectivity index is 1.93. The van der Waals surface area contributed by atoms with Gasteiger partial charge < -0.3 is 4.90 Å². The van der Waals surface area contributed by atoms with Crippen molar-refractivity contribution in [1.29, 1.82) is 0 Å². The fourth-order valence-corrected chi connectivity index (χ4v) is 4.04. The molecule has 0 fully saturated rings. The first-order chi connectivity index (χ1) is 14.9. The average molecular weight is 431 g/mol. The second-order valence-corrected chi connectivity index (χ2v) is 7.98. The van der Waals surface area contributed by atoms with Crippen LogP contribution in [0.1, 0.15) is 23.6 Å². The van der Waals surface area contributed by atoms with E-state index in [9.17, 15) is 9.59 Å². The highest BCUT2D eigenvalue weighted by Gasteiger charge is 2.43. The van der Waals surface area contributed by atoms with Crippen molar-refractivity contribution in [2.24, 2.45) is 0 Å². The number of rotatable bonds is 5. The molecule has 0 bridgehead atoms. The quantitative estimate of drug-likeness (QED) is 0.482. The molecule has 1 heterocycles. The number of imide groups is 1. The molecule has 0 radical (unpaired) electrons. The van der Waals surface area contributed by atoms with Gasteiger partial charge in [-0.2, -0.15) is 0 Å². The summed E-state index contributed by atoms with van der Waals surface area (Å²) < 4.78 is 0. The number of amides is 2.